The second kappa shape index (κ2) is 5.48. The third kappa shape index (κ3) is 3.06. The third-order valence-electron chi connectivity index (χ3n) is 2.59. The molecule has 0 aliphatic carbocycles. The molecule has 4 heteroatoms. The van der Waals surface area contributed by atoms with E-state index < -0.39 is 11.9 Å². The molecule has 17 heavy (non-hydrogen) atoms. The van der Waals surface area contributed by atoms with Crippen LogP contribution in [0.15, 0.2) is 24.3 Å². The van der Waals surface area contributed by atoms with Crippen molar-refractivity contribution in [2.24, 2.45) is 0 Å². The largest absolute Gasteiger partial charge is 0.468 e. The number of rotatable bonds is 4. The van der Waals surface area contributed by atoms with Crippen LogP contribution in [0.5, 0.6) is 0 Å². The van der Waals surface area contributed by atoms with Gasteiger partial charge in [0.15, 0.2) is 0 Å². The van der Waals surface area contributed by atoms with Gasteiger partial charge in [-0.05, 0) is 24.6 Å². The molecule has 1 rings (SSSR count). The fourth-order valence-corrected chi connectivity index (χ4v) is 1.62. The third-order valence-corrected chi connectivity index (χ3v) is 2.59. The smallest absolute Gasteiger partial charge is 0.320 e. The quantitative estimate of drug-likeness (QED) is 0.587. The molecule has 4 nitrogen and oxygen atoms in total. The number of hydrogen-bond acceptors (Lipinski definition) is 4. The zero-order chi connectivity index (χ0) is 13.0. The average Bonchev–Trinajstić information content (AvgIpc) is 2.29. The van der Waals surface area contributed by atoms with Crippen LogP contribution in [0.1, 0.15) is 18.4 Å². The Morgan fingerprint density at radius 2 is 1.71 bits per heavy atom. The van der Waals surface area contributed by atoms with Gasteiger partial charge >= 0.3 is 5.97 Å². The van der Waals surface area contributed by atoms with Gasteiger partial charge < -0.3 is 9.64 Å². The van der Waals surface area contributed by atoms with Gasteiger partial charge in [0.05, 0.1) is 7.11 Å². The van der Waals surface area contributed by atoms with Crippen molar-refractivity contribution in [1.82, 2.24) is 0 Å². The van der Waals surface area contributed by atoms with Crippen LogP contribution in [0.3, 0.4) is 0 Å². The van der Waals surface area contributed by atoms with Gasteiger partial charge in [0.1, 0.15) is 11.7 Å². The number of ketones is 1. The Bertz CT molecular complexity index is 409. The maximum atomic E-state index is 11.5. The SMILES string of the molecule is COC(=O)C(C(C)=O)c1ccc(N(C)C)cc1. The summed E-state index contributed by atoms with van der Waals surface area (Å²) in [5.41, 5.74) is 1.68. The van der Waals surface area contributed by atoms with Gasteiger partial charge in [0, 0.05) is 19.8 Å². The van der Waals surface area contributed by atoms with Gasteiger partial charge in [-0.3, -0.25) is 9.59 Å². The highest BCUT2D eigenvalue weighted by molar-refractivity contribution is 6.03. The van der Waals surface area contributed by atoms with Crippen molar-refractivity contribution in [3.8, 4) is 0 Å². The molecule has 0 saturated heterocycles. The summed E-state index contributed by atoms with van der Waals surface area (Å²) in [5.74, 6) is -1.55. The molecule has 0 N–H and O–H groups in total. The van der Waals surface area contributed by atoms with E-state index in [1.807, 2.05) is 31.1 Å². The van der Waals surface area contributed by atoms with Crippen LogP contribution in [0.25, 0.3) is 0 Å². The number of ether oxygens (including phenoxy) is 1. The van der Waals surface area contributed by atoms with Crippen LogP contribution < -0.4 is 4.90 Å². The molecule has 1 aromatic carbocycles. The zero-order valence-electron chi connectivity index (χ0n) is 10.6. The predicted octanol–water partition coefficient (Wildman–Crippen LogP) is 1.60. The van der Waals surface area contributed by atoms with E-state index in [1.54, 1.807) is 12.1 Å². The molecule has 0 spiro atoms. The van der Waals surface area contributed by atoms with Gasteiger partial charge in [0.2, 0.25) is 0 Å². The van der Waals surface area contributed by atoms with Gasteiger partial charge in [-0.15, -0.1) is 0 Å². The second-order valence-corrected chi connectivity index (χ2v) is 4.05. The lowest BCUT2D eigenvalue weighted by Crippen LogP contribution is -2.21. The molecule has 0 aromatic heterocycles. The number of carbonyl (C=O) groups excluding carboxylic acids is 2. The number of nitrogens with zero attached hydrogens (tertiary/aromatic N) is 1. The first kappa shape index (κ1) is 13.2. The molecule has 0 radical (unpaired) electrons. The molecule has 1 unspecified atom stereocenters. The Kier molecular flexibility index (Phi) is 4.26. The molecular weight excluding hydrogens is 218 g/mol. The summed E-state index contributed by atoms with van der Waals surface area (Å²) >= 11 is 0. The molecule has 0 bridgehead atoms. The molecule has 92 valence electrons. The summed E-state index contributed by atoms with van der Waals surface area (Å²) in [6.45, 7) is 1.39. The molecule has 0 aliphatic rings. The average molecular weight is 235 g/mol. The van der Waals surface area contributed by atoms with E-state index in [9.17, 15) is 9.59 Å². The first-order valence-corrected chi connectivity index (χ1v) is 5.33. The highest BCUT2D eigenvalue weighted by Gasteiger charge is 2.25. The van der Waals surface area contributed by atoms with E-state index in [2.05, 4.69) is 4.74 Å². The van der Waals surface area contributed by atoms with Crippen LogP contribution in [0, 0.1) is 0 Å². The predicted molar refractivity (Wildman–Crippen MR) is 66.2 cm³/mol. The van der Waals surface area contributed by atoms with Crippen molar-refractivity contribution in [3.63, 3.8) is 0 Å². The number of esters is 1. The van der Waals surface area contributed by atoms with E-state index >= 15 is 0 Å². The Morgan fingerprint density at radius 3 is 2.06 bits per heavy atom. The minimum atomic E-state index is -0.823. The number of carbonyl (C=O) groups is 2. The van der Waals surface area contributed by atoms with Gasteiger partial charge in [0.25, 0.3) is 0 Å². The Labute approximate surface area is 101 Å². The highest BCUT2D eigenvalue weighted by Crippen LogP contribution is 2.21. The number of anilines is 1. The molecule has 1 atom stereocenters. The molecular formula is C13H17NO3. The van der Waals surface area contributed by atoms with E-state index in [-0.39, 0.29) is 5.78 Å². The second-order valence-electron chi connectivity index (χ2n) is 4.05. The Hall–Kier alpha value is -1.84. The summed E-state index contributed by atoms with van der Waals surface area (Å²) in [6.07, 6.45) is 0. The monoisotopic (exact) mass is 235 g/mol. The standard InChI is InChI=1S/C13H17NO3/c1-9(15)12(13(16)17-4)10-5-7-11(8-6-10)14(2)3/h5-8,12H,1-4H3. The maximum absolute atomic E-state index is 11.5. The van der Waals surface area contributed by atoms with Crippen LogP contribution in [-0.2, 0) is 14.3 Å². The van der Waals surface area contributed by atoms with Crippen molar-refractivity contribution in [3.05, 3.63) is 29.8 Å². The topological polar surface area (TPSA) is 46.6 Å². The number of hydrogen-bond donors (Lipinski definition) is 0. The van der Waals surface area contributed by atoms with E-state index in [1.165, 1.54) is 14.0 Å². The summed E-state index contributed by atoms with van der Waals surface area (Å²) in [6, 6.07) is 7.29. The zero-order valence-corrected chi connectivity index (χ0v) is 10.6. The van der Waals surface area contributed by atoms with Crippen molar-refractivity contribution < 1.29 is 14.3 Å². The molecule has 0 fully saturated rings. The maximum Gasteiger partial charge on any atom is 0.320 e. The van der Waals surface area contributed by atoms with E-state index in [0.29, 0.717) is 5.56 Å². The normalized spacial score (nSPS) is 11.8. The van der Waals surface area contributed by atoms with E-state index in [0.717, 1.165) is 5.69 Å². The summed E-state index contributed by atoms with van der Waals surface area (Å²) in [5, 5.41) is 0. The lowest BCUT2D eigenvalue weighted by Gasteiger charge is -2.15. The van der Waals surface area contributed by atoms with Crippen LogP contribution in [0.4, 0.5) is 5.69 Å². The first-order chi connectivity index (χ1) is 7.97. The summed E-state index contributed by atoms with van der Waals surface area (Å²) in [4.78, 5) is 24.9. The molecule has 1 aromatic rings. The Morgan fingerprint density at radius 1 is 1.18 bits per heavy atom. The fourth-order valence-electron chi connectivity index (χ4n) is 1.62. The van der Waals surface area contributed by atoms with Crippen LogP contribution in [-0.4, -0.2) is 33.0 Å². The summed E-state index contributed by atoms with van der Waals surface area (Å²) in [7, 11) is 5.14. The number of methoxy groups -OCH3 is 1. The van der Waals surface area contributed by atoms with Crippen molar-refractivity contribution in [2.45, 2.75) is 12.8 Å². The summed E-state index contributed by atoms with van der Waals surface area (Å²) < 4.78 is 4.64. The Balaban J connectivity index is 3.04. The minimum Gasteiger partial charge on any atom is -0.468 e. The number of Topliss-reactive ketones (excluding diaryl/α,β-unsaturated/α-hetero) is 1. The van der Waals surface area contributed by atoms with Crippen molar-refractivity contribution in [1.29, 1.82) is 0 Å². The molecule has 0 saturated carbocycles. The lowest BCUT2D eigenvalue weighted by molar-refractivity contribution is -0.145. The van der Waals surface area contributed by atoms with Crippen LogP contribution in [0.2, 0.25) is 0 Å². The minimum absolute atomic E-state index is 0.213. The first-order valence-electron chi connectivity index (χ1n) is 5.33. The molecule has 0 amide bonds. The fraction of sp³-hybridized carbons (Fsp3) is 0.385. The van der Waals surface area contributed by atoms with E-state index in [4.69, 9.17) is 0 Å². The van der Waals surface area contributed by atoms with Gasteiger partial charge in [-0.1, -0.05) is 12.1 Å². The van der Waals surface area contributed by atoms with Crippen LogP contribution >= 0.6 is 0 Å². The molecule has 0 aliphatic heterocycles. The van der Waals surface area contributed by atoms with Gasteiger partial charge in [-0.2, -0.15) is 0 Å². The lowest BCUT2D eigenvalue weighted by atomic mass is 9.95. The molecule has 0 heterocycles. The van der Waals surface area contributed by atoms with Gasteiger partial charge in [-0.25, -0.2) is 0 Å². The van der Waals surface area contributed by atoms with Crippen molar-refractivity contribution >= 4 is 17.4 Å². The number of benzene rings is 1. The van der Waals surface area contributed by atoms with Crippen molar-refractivity contribution in [2.75, 3.05) is 26.1 Å². The highest BCUT2D eigenvalue weighted by atomic mass is 16.5.